The Kier molecular flexibility index (Phi) is 3.73. The highest BCUT2D eigenvalue weighted by atomic mass is 32.1. The largest absolute Gasteiger partial charge is 0.301 e. The van der Waals surface area contributed by atoms with E-state index in [2.05, 4.69) is 15.5 Å². The van der Waals surface area contributed by atoms with E-state index in [0.29, 0.717) is 6.54 Å². The van der Waals surface area contributed by atoms with E-state index in [9.17, 15) is 4.79 Å². The minimum Gasteiger partial charge on any atom is -0.301 e. The van der Waals surface area contributed by atoms with Gasteiger partial charge in [-0.1, -0.05) is 0 Å². The monoisotopic (exact) mass is 265 g/mol. The number of rotatable bonds is 4. The lowest BCUT2D eigenvalue weighted by Crippen LogP contribution is -2.30. The van der Waals surface area contributed by atoms with Gasteiger partial charge in [-0.15, -0.1) is 11.3 Å². The van der Waals surface area contributed by atoms with Crippen molar-refractivity contribution < 1.29 is 4.79 Å². The number of nitrogens with zero attached hydrogens (tertiary/aromatic N) is 4. The molecule has 2 rings (SSSR count). The minimum atomic E-state index is -0.139. The number of aryl methyl sites for hydroxylation is 1. The minimum absolute atomic E-state index is 0.139. The molecule has 6 nitrogen and oxygen atoms in total. The molecule has 18 heavy (non-hydrogen) atoms. The third-order valence-corrected chi connectivity index (χ3v) is 3.08. The van der Waals surface area contributed by atoms with Crippen LogP contribution in [0.5, 0.6) is 0 Å². The zero-order valence-corrected chi connectivity index (χ0v) is 11.4. The van der Waals surface area contributed by atoms with Gasteiger partial charge in [0.05, 0.1) is 24.1 Å². The van der Waals surface area contributed by atoms with Crippen LogP contribution in [0.25, 0.3) is 4.96 Å². The molecule has 0 fully saturated rings. The van der Waals surface area contributed by atoms with E-state index >= 15 is 0 Å². The molecule has 0 aliphatic rings. The normalized spacial score (nSPS) is 11.8. The highest BCUT2D eigenvalue weighted by molar-refractivity contribution is 7.15. The summed E-state index contributed by atoms with van der Waals surface area (Å²) in [4.78, 5) is 18.5. The molecule has 0 radical (unpaired) electrons. The Morgan fingerprint density at radius 2 is 2.44 bits per heavy atom. The topological polar surface area (TPSA) is 62.0 Å². The van der Waals surface area contributed by atoms with Crippen molar-refractivity contribution in [2.24, 2.45) is 5.10 Å². The summed E-state index contributed by atoms with van der Waals surface area (Å²) in [5.41, 5.74) is 4.27. The van der Waals surface area contributed by atoms with Crippen molar-refractivity contribution in [3.05, 3.63) is 23.0 Å². The molecule has 0 unspecified atom stereocenters. The number of imidazole rings is 1. The lowest BCUT2D eigenvalue weighted by Gasteiger charge is -2.06. The van der Waals surface area contributed by atoms with Crippen LogP contribution in [0.2, 0.25) is 0 Å². The predicted molar refractivity (Wildman–Crippen MR) is 72.1 cm³/mol. The van der Waals surface area contributed by atoms with Crippen molar-refractivity contribution in [3.8, 4) is 0 Å². The molecule has 0 saturated heterocycles. The second-order valence-electron chi connectivity index (χ2n) is 4.17. The van der Waals surface area contributed by atoms with Crippen molar-refractivity contribution >= 4 is 28.4 Å². The summed E-state index contributed by atoms with van der Waals surface area (Å²) in [5, 5.41) is 5.91. The summed E-state index contributed by atoms with van der Waals surface area (Å²) in [6.45, 7) is 2.24. The van der Waals surface area contributed by atoms with Crippen molar-refractivity contribution in [2.45, 2.75) is 6.92 Å². The van der Waals surface area contributed by atoms with Crippen molar-refractivity contribution in [1.82, 2.24) is 19.7 Å². The Morgan fingerprint density at radius 3 is 3.17 bits per heavy atom. The molecule has 2 heterocycles. The maximum Gasteiger partial charge on any atom is 0.254 e. The van der Waals surface area contributed by atoms with E-state index in [0.717, 1.165) is 16.3 Å². The van der Waals surface area contributed by atoms with E-state index in [-0.39, 0.29) is 5.91 Å². The van der Waals surface area contributed by atoms with Gasteiger partial charge in [0.25, 0.3) is 5.91 Å². The molecule has 0 atom stereocenters. The maximum atomic E-state index is 11.4. The van der Waals surface area contributed by atoms with Crippen LogP contribution in [0.4, 0.5) is 0 Å². The summed E-state index contributed by atoms with van der Waals surface area (Å²) < 4.78 is 1.95. The molecule has 7 heteroatoms. The van der Waals surface area contributed by atoms with Crippen LogP contribution in [0.1, 0.15) is 11.4 Å². The molecule has 0 saturated carbocycles. The van der Waals surface area contributed by atoms with Gasteiger partial charge in [-0.3, -0.25) is 9.20 Å². The second-order valence-corrected chi connectivity index (χ2v) is 5.04. The van der Waals surface area contributed by atoms with Gasteiger partial charge in [-0.25, -0.2) is 10.4 Å². The number of hydrogen-bond acceptors (Lipinski definition) is 5. The number of hydrazone groups is 1. The van der Waals surface area contributed by atoms with Crippen molar-refractivity contribution in [2.75, 3.05) is 20.6 Å². The first-order valence-corrected chi connectivity index (χ1v) is 6.34. The van der Waals surface area contributed by atoms with Crippen LogP contribution in [-0.4, -0.2) is 47.0 Å². The quantitative estimate of drug-likeness (QED) is 0.654. The smallest absolute Gasteiger partial charge is 0.254 e. The lowest BCUT2D eigenvalue weighted by atomic mass is 10.4. The van der Waals surface area contributed by atoms with E-state index in [1.54, 1.807) is 22.5 Å². The van der Waals surface area contributed by atoms with Gasteiger partial charge in [0, 0.05) is 11.6 Å². The highest BCUT2D eigenvalue weighted by Gasteiger charge is 2.07. The van der Waals surface area contributed by atoms with E-state index < -0.39 is 0 Å². The zero-order valence-electron chi connectivity index (χ0n) is 10.5. The van der Waals surface area contributed by atoms with Crippen LogP contribution in [0.3, 0.4) is 0 Å². The number of nitrogens with one attached hydrogen (secondary N) is 1. The predicted octanol–water partition coefficient (Wildman–Crippen LogP) is 0.716. The fraction of sp³-hybridized carbons (Fsp3) is 0.364. The molecular weight excluding hydrogens is 250 g/mol. The van der Waals surface area contributed by atoms with Crippen molar-refractivity contribution in [3.63, 3.8) is 0 Å². The molecule has 2 aromatic rings. The van der Waals surface area contributed by atoms with Crippen LogP contribution in [0.15, 0.2) is 16.7 Å². The summed E-state index contributed by atoms with van der Waals surface area (Å²) in [6.07, 6.45) is 3.55. The molecule has 0 bridgehead atoms. The first-order valence-electron chi connectivity index (χ1n) is 5.46. The van der Waals surface area contributed by atoms with Gasteiger partial charge < -0.3 is 4.90 Å². The standard InChI is InChI=1S/C11H15N5OS/c1-8-9(16-4-5-18-11(16)13-8)6-12-14-10(17)7-15(2)3/h4-6H,7H2,1-3H3,(H,14,17)/b12-6+. The summed E-state index contributed by atoms with van der Waals surface area (Å²) in [6, 6.07) is 0. The number of likely N-dealkylation sites (N-methyl/N-ethyl adjacent to an activating group) is 1. The molecule has 0 aliphatic heterocycles. The zero-order chi connectivity index (χ0) is 13.1. The molecule has 1 N–H and O–H groups in total. The van der Waals surface area contributed by atoms with E-state index in [4.69, 9.17) is 0 Å². The Balaban J connectivity index is 2.07. The molecule has 96 valence electrons. The van der Waals surface area contributed by atoms with Gasteiger partial charge in [0.15, 0.2) is 4.96 Å². The van der Waals surface area contributed by atoms with Gasteiger partial charge in [0.1, 0.15) is 0 Å². The SMILES string of the molecule is Cc1nc2sccn2c1/C=N/NC(=O)CN(C)C. The summed E-state index contributed by atoms with van der Waals surface area (Å²) in [7, 11) is 3.67. The Morgan fingerprint density at radius 1 is 1.67 bits per heavy atom. The molecule has 0 aromatic carbocycles. The molecule has 0 aliphatic carbocycles. The molecule has 2 aromatic heterocycles. The average molecular weight is 265 g/mol. The summed E-state index contributed by atoms with van der Waals surface area (Å²) >= 11 is 1.57. The Hall–Kier alpha value is -1.73. The highest BCUT2D eigenvalue weighted by Crippen LogP contribution is 2.14. The van der Waals surface area contributed by atoms with Crippen molar-refractivity contribution in [1.29, 1.82) is 0 Å². The molecule has 0 spiro atoms. The first-order chi connectivity index (χ1) is 8.58. The van der Waals surface area contributed by atoms with Crippen LogP contribution >= 0.6 is 11.3 Å². The van der Waals surface area contributed by atoms with E-state index in [1.807, 2.05) is 37.0 Å². The van der Waals surface area contributed by atoms with E-state index in [1.165, 1.54) is 0 Å². The second kappa shape index (κ2) is 5.28. The molecular formula is C11H15N5OS. The van der Waals surface area contributed by atoms with Crippen LogP contribution in [-0.2, 0) is 4.79 Å². The van der Waals surface area contributed by atoms with Crippen LogP contribution in [0, 0.1) is 6.92 Å². The van der Waals surface area contributed by atoms with Gasteiger partial charge in [-0.05, 0) is 21.0 Å². The number of amides is 1. The summed E-state index contributed by atoms with van der Waals surface area (Å²) in [5.74, 6) is -0.139. The Labute approximate surface area is 109 Å². The maximum absolute atomic E-state index is 11.4. The third-order valence-electron chi connectivity index (χ3n) is 2.32. The number of fused-ring (bicyclic) bond motifs is 1. The van der Waals surface area contributed by atoms with Gasteiger partial charge in [0.2, 0.25) is 0 Å². The number of thiazole rings is 1. The molecule has 1 amide bonds. The fourth-order valence-corrected chi connectivity index (χ4v) is 2.32. The number of carbonyl (C=O) groups is 1. The number of aromatic nitrogens is 2. The van der Waals surface area contributed by atoms with Gasteiger partial charge >= 0.3 is 0 Å². The van der Waals surface area contributed by atoms with Crippen LogP contribution < -0.4 is 5.43 Å². The fourth-order valence-electron chi connectivity index (χ4n) is 1.55. The first kappa shape index (κ1) is 12.7. The third kappa shape index (κ3) is 2.74. The lowest BCUT2D eigenvalue weighted by molar-refractivity contribution is -0.121. The average Bonchev–Trinajstić information content (AvgIpc) is 2.80. The number of hydrogen-bond donors (Lipinski definition) is 1. The Bertz CT molecular complexity index is 583. The van der Waals surface area contributed by atoms with Gasteiger partial charge in [-0.2, -0.15) is 5.10 Å². The number of carbonyl (C=O) groups excluding carboxylic acids is 1.